The van der Waals surface area contributed by atoms with Gasteiger partial charge in [0.1, 0.15) is 0 Å². The average molecular weight is 328 g/mol. The topological polar surface area (TPSA) is 59.4 Å². The van der Waals surface area contributed by atoms with Gasteiger partial charge in [0.2, 0.25) is 5.91 Å². The monoisotopic (exact) mass is 328 g/mol. The van der Waals surface area contributed by atoms with E-state index in [0.717, 1.165) is 50.5 Å². The van der Waals surface area contributed by atoms with Crippen molar-refractivity contribution >= 4 is 5.91 Å². The molecule has 24 heavy (non-hydrogen) atoms. The SMILES string of the molecule is O=C(Cc1cnn(-c2ccccc2)c1)NCCCN1CCOCC1. The summed E-state index contributed by atoms with van der Waals surface area (Å²) < 4.78 is 7.12. The molecule has 2 heterocycles. The summed E-state index contributed by atoms with van der Waals surface area (Å²) in [4.78, 5) is 14.4. The number of para-hydroxylation sites is 1. The second-order valence-electron chi connectivity index (χ2n) is 5.96. The van der Waals surface area contributed by atoms with E-state index in [-0.39, 0.29) is 5.91 Å². The van der Waals surface area contributed by atoms with E-state index in [1.807, 2.05) is 36.5 Å². The molecule has 6 heteroatoms. The van der Waals surface area contributed by atoms with Crippen molar-refractivity contribution in [3.05, 3.63) is 48.3 Å². The fourth-order valence-corrected chi connectivity index (χ4v) is 2.78. The van der Waals surface area contributed by atoms with Gasteiger partial charge < -0.3 is 10.1 Å². The number of aromatic nitrogens is 2. The lowest BCUT2D eigenvalue weighted by molar-refractivity contribution is -0.120. The molecule has 0 spiro atoms. The lowest BCUT2D eigenvalue weighted by atomic mass is 10.2. The summed E-state index contributed by atoms with van der Waals surface area (Å²) in [6, 6.07) is 9.89. The van der Waals surface area contributed by atoms with Crippen molar-refractivity contribution in [2.45, 2.75) is 12.8 Å². The van der Waals surface area contributed by atoms with Crippen LogP contribution >= 0.6 is 0 Å². The molecule has 1 amide bonds. The van der Waals surface area contributed by atoms with Crippen molar-refractivity contribution in [3.8, 4) is 5.69 Å². The number of hydrogen-bond donors (Lipinski definition) is 1. The van der Waals surface area contributed by atoms with Crippen LogP contribution in [0.2, 0.25) is 0 Å². The third kappa shape index (κ3) is 4.91. The highest BCUT2D eigenvalue weighted by Crippen LogP contribution is 2.08. The average Bonchev–Trinajstić information content (AvgIpc) is 3.09. The fourth-order valence-electron chi connectivity index (χ4n) is 2.78. The summed E-state index contributed by atoms with van der Waals surface area (Å²) in [5.41, 5.74) is 1.92. The minimum atomic E-state index is 0.0459. The van der Waals surface area contributed by atoms with E-state index in [2.05, 4.69) is 15.3 Å². The highest BCUT2D eigenvalue weighted by atomic mass is 16.5. The molecule has 128 valence electrons. The number of ether oxygens (including phenoxy) is 1. The molecule has 1 aromatic heterocycles. The Morgan fingerprint density at radius 3 is 2.79 bits per heavy atom. The lowest BCUT2D eigenvalue weighted by Crippen LogP contribution is -2.38. The number of rotatable bonds is 7. The number of morpholine rings is 1. The Morgan fingerprint density at radius 2 is 2.00 bits per heavy atom. The van der Waals surface area contributed by atoms with E-state index < -0.39 is 0 Å². The summed E-state index contributed by atoms with van der Waals surface area (Å²) in [6.45, 7) is 5.34. The third-order valence-electron chi connectivity index (χ3n) is 4.10. The van der Waals surface area contributed by atoms with Crippen LogP contribution in [0.1, 0.15) is 12.0 Å². The third-order valence-corrected chi connectivity index (χ3v) is 4.10. The Hall–Kier alpha value is -2.18. The van der Waals surface area contributed by atoms with Gasteiger partial charge in [-0.05, 0) is 30.7 Å². The van der Waals surface area contributed by atoms with Crippen molar-refractivity contribution in [2.75, 3.05) is 39.4 Å². The summed E-state index contributed by atoms with van der Waals surface area (Å²) in [5.74, 6) is 0.0459. The standard InChI is InChI=1S/C18H24N4O2/c23-18(19-7-4-8-21-9-11-24-12-10-21)13-16-14-20-22(15-16)17-5-2-1-3-6-17/h1-3,5-6,14-15H,4,7-13H2,(H,19,23). The van der Waals surface area contributed by atoms with Crippen LogP contribution in [0, 0.1) is 0 Å². The van der Waals surface area contributed by atoms with Crippen LogP contribution in [0.5, 0.6) is 0 Å². The molecule has 1 N–H and O–H groups in total. The second kappa shape index (κ2) is 8.61. The maximum Gasteiger partial charge on any atom is 0.224 e. The molecule has 0 bridgehead atoms. The molecule has 6 nitrogen and oxygen atoms in total. The predicted octanol–water partition coefficient (Wildman–Crippen LogP) is 1.25. The van der Waals surface area contributed by atoms with Gasteiger partial charge in [-0.25, -0.2) is 4.68 Å². The van der Waals surface area contributed by atoms with Crippen LogP contribution in [0.15, 0.2) is 42.7 Å². The van der Waals surface area contributed by atoms with Gasteiger partial charge in [-0.2, -0.15) is 5.10 Å². The quantitative estimate of drug-likeness (QED) is 0.777. The maximum atomic E-state index is 12.0. The normalized spacial score (nSPS) is 15.3. The summed E-state index contributed by atoms with van der Waals surface area (Å²) in [7, 11) is 0. The van der Waals surface area contributed by atoms with E-state index in [0.29, 0.717) is 13.0 Å². The Bertz CT molecular complexity index is 635. The van der Waals surface area contributed by atoms with Crippen molar-refractivity contribution in [1.29, 1.82) is 0 Å². The zero-order valence-corrected chi connectivity index (χ0v) is 13.9. The number of nitrogens with one attached hydrogen (secondary N) is 1. The van der Waals surface area contributed by atoms with Gasteiger partial charge in [0.15, 0.2) is 0 Å². The molecule has 0 atom stereocenters. The lowest BCUT2D eigenvalue weighted by Gasteiger charge is -2.26. The molecule has 3 rings (SSSR count). The van der Waals surface area contributed by atoms with Gasteiger partial charge in [-0.3, -0.25) is 9.69 Å². The van der Waals surface area contributed by atoms with Crippen molar-refractivity contribution in [2.24, 2.45) is 0 Å². The summed E-state index contributed by atoms with van der Waals surface area (Å²) in [6.07, 6.45) is 4.99. The first kappa shape index (κ1) is 16.7. The predicted molar refractivity (Wildman–Crippen MR) is 92.2 cm³/mol. The second-order valence-corrected chi connectivity index (χ2v) is 5.96. The van der Waals surface area contributed by atoms with Crippen molar-refractivity contribution in [1.82, 2.24) is 20.0 Å². The van der Waals surface area contributed by atoms with E-state index in [9.17, 15) is 4.79 Å². The first-order valence-electron chi connectivity index (χ1n) is 8.47. The van der Waals surface area contributed by atoms with Crippen molar-refractivity contribution < 1.29 is 9.53 Å². The number of amides is 1. The number of hydrogen-bond acceptors (Lipinski definition) is 4. The molecule has 1 aliphatic rings. The zero-order chi connectivity index (χ0) is 16.6. The fraction of sp³-hybridized carbons (Fsp3) is 0.444. The first-order chi connectivity index (χ1) is 11.8. The minimum absolute atomic E-state index is 0.0459. The smallest absolute Gasteiger partial charge is 0.224 e. The van der Waals surface area contributed by atoms with E-state index in [1.165, 1.54) is 0 Å². The molecule has 0 radical (unpaired) electrons. The summed E-state index contributed by atoms with van der Waals surface area (Å²) >= 11 is 0. The van der Waals surface area contributed by atoms with Crippen LogP contribution in [-0.2, 0) is 16.0 Å². The van der Waals surface area contributed by atoms with Gasteiger partial charge in [-0.15, -0.1) is 0 Å². The van der Waals surface area contributed by atoms with Crippen LogP contribution in [0.4, 0.5) is 0 Å². The van der Waals surface area contributed by atoms with Gasteiger partial charge in [0.25, 0.3) is 0 Å². The number of carbonyl (C=O) groups excluding carboxylic acids is 1. The number of benzene rings is 1. The Balaban J connectivity index is 1.38. The molecule has 1 aliphatic heterocycles. The van der Waals surface area contributed by atoms with Crippen LogP contribution in [-0.4, -0.2) is 60.0 Å². The molecular weight excluding hydrogens is 304 g/mol. The number of carbonyl (C=O) groups is 1. The largest absolute Gasteiger partial charge is 0.379 e. The Morgan fingerprint density at radius 1 is 1.21 bits per heavy atom. The van der Waals surface area contributed by atoms with Gasteiger partial charge in [0, 0.05) is 25.8 Å². The van der Waals surface area contributed by atoms with Crippen LogP contribution in [0.3, 0.4) is 0 Å². The van der Waals surface area contributed by atoms with E-state index in [1.54, 1.807) is 10.9 Å². The molecule has 1 aromatic carbocycles. The summed E-state index contributed by atoms with van der Waals surface area (Å²) in [5, 5.41) is 7.30. The molecule has 0 unspecified atom stereocenters. The highest BCUT2D eigenvalue weighted by molar-refractivity contribution is 5.78. The maximum absolute atomic E-state index is 12.0. The Labute approximate surface area is 142 Å². The van der Waals surface area contributed by atoms with E-state index in [4.69, 9.17) is 4.74 Å². The van der Waals surface area contributed by atoms with Gasteiger partial charge in [0.05, 0.1) is 31.5 Å². The molecular formula is C18H24N4O2. The Kier molecular flexibility index (Phi) is 5.98. The molecule has 2 aromatic rings. The molecule has 1 saturated heterocycles. The zero-order valence-electron chi connectivity index (χ0n) is 13.9. The first-order valence-corrected chi connectivity index (χ1v) is 8.47. The highest BCUT2D eigenvalue weighted by Gasteiger charge is 2.10. The van der Waals surface area contributed by atoms with Gasteiger partial charge in [-0.1, -0.05) is 18.2 Å². The molecule has 0 saturated carbocycles. The minimum Gasteiger partial charge on any atom is -0.379 e. The van der Waals surface area contributed by atoms with Crippen LogP contribution < -0.4 is 5.32 Å². The molecule has 0 aliphatic carbocycles. The van der Waals surface area contributed by atoms with Crippen LogP contribution in [0.25, 0.3) is 5.69 Å². The van der Waals surface area contributed by atoms with Crippen molar-refractivity contribution in [3.63, 3.8) is 0 Å². The van der Waals surface area contributed by atoms with Gasteiger partial charge >= 0.3 is 0 Å². The molecule has 1 fully saturated rings. The van der Waals surface area contributed by atoms with E-state index >= 15 is 0 Å². The number of nitrogens with zero attached hydrogens (tertiary/aromatic N) is 3.